The molecule has 0 saturated heterocycles. The lowest BCUT2D eigenvalue weighted by molar-refractivity contribution is -0.384. The van der Waals surface area contributed by atoms with Crippen molar-refractivity contribution in [2.24, 2.45) is 0 Å². The van der Waals surface area contributed by atoms with E-state index in [4.69, 9.17) is 0 Å². The predicted octanol–water partition coefficient (Wildman–Crippen LogP) is 4.78. The molecule has 1 heterocycles. The van der Waals surface area contributed by atoms with Crippen molar-refractivity contribution in [1.29, 1.82) is 0 Å². The molecular formula is C15H11NO2S. The molecule has 3 nitrogen and oxygen atoms in total. The van der Waals surface area contributed by atoms with E-state index in [0.29, 0.717) is 5.56 Å². The van der Waals surface area contributed by atoms with E-state index in [-0.39, 0.29) is 10.6 Å². The van der Waals surface area contributed by atoms with E-state index >= 15 is 0 Å². The molecule has 0 atom stereocenters. The van der Waals surface area contributed by atoms with Crippen LogP contribution >= 0.6 is 11.3 Å². The highest BCUT2D eigenvalue weighted by atomic mass is 32.1. The van der Waals surface area contributed by atoms with Crippen molar-refractivity contribution < 1.29 is 4.92 Å². The molecule has 19 heavy (non-hydrogen) atoms. The van der Waals surface area contributed by atoms with Crippen LogP contribution in [0.5, 0.6) is 0 Å². The van der Waals surface area contributed by atoms with Crippen LogP contribution in [0.3, 0.4) is 0 Å². The predicted molar refractivity (Wildman–Crippen MR) is 78.7 cm³/mol. The van der Waals surface area contributed by atoms with Gasteiger partial charge in [0.2, 0.25) is 0 Å². The summed E-state index contributed by atoms with van der Waals surface area (Å²) in [5.41, 5.74) is 2.04. The summed E-state index contributed by atoms with van der Waals surface area (Å²) in [6, 6.07) is 15.1. The Morgan fingerprint density at radius 3 is 2.68 bits per heavy atom. The van der Waals surface area contributed by atoms with Crippen LogP contribution in [-0.4, -0.2) is 4.92 Å². The second-order valence-electron chi connectivity index (χ2n) is 4.43. The van der Waals surface area contributed by atoms with Gasteiger partial charge in [0.1, 0.15) is 0 Å². The zero-order valence-corrected chi connectivity index (χ0v) is 11.1. The van der Waals surface area contributed by atoms with Crippen molar-refractivity contribution >= 4 is 27.1 Å². The lowest BCUT2D eigenvalue weighted by Gasteiger charge is -1.98. The number of nitro groups is 1. The lowest BCUT2D eigenvalue weighted by atomic mass is 10.1. The normalized spacial score (nSPS) is 10.8. The molecular weight excluding hydrogens is 258 g/mol. The molecule has 0 amide bonds. The SMILES string of the molecule is Cc1ccc2cc(-c3ccccc3[N+](=O)[O-])sc2c1. The number of benzene rings is 2. The fourth-order valence-corrected chi connectivity index (χ4v) is 3.31. The Morgan fingerprint density at radius 2 is 1.89 bits per heavy atom. The number of hydrogen-bond donors (Lipinski definition) is 0. The summed E-state index contributed by atoms with van der Waals surface area (Å²) in [7, 11) is 0. The van der Waals surface area contributed by atoms with Gasteiger partial charge in [-0.3, -0.25) is 10.1 Å². The summed E-state index contributed by atoms with van der Waals surface area (Å²) >= 11 is 1.59. The summed E-state index contributed by atoms with van der Waals surface area (Å²) < 4.78 is 1.16. The molecule has 3 aromatic rings. The van der Waals surface area contributed by atoms with Crippen LogP contribution < -0.4 is 0 Å². The maximum Gasteiger partial charge on any atom is 0.278 e. The third-order valence-corrected chi connectivity index (χ3v) is 4.17. The standard InChI is InChI=1S/C15H11NO2S/c1-10-6-7-11-9-15(19-14(11)8-10)12-4-2-3-5-13(12)16(17)18/h2-9H,1H3. The summed E-state index contributed by atoms with van der Waals surface area (Å²) in [6.45, 7) is 2.05. The monoisotopic (exact) mass is 269 g/mol. The van der Waals surface area contributed by atoms with E-state index in [1.807, 2.05) is 19.1 Å². The number of hydrogen-bond acceptors (Lipinski definition) is 3. The zero-order chi connectivity index (χ0) is 13.4. The molecule has 3 rings (SSSR count). The highest BCUT2D eigenvalue weighted by Gasteiger charge is 2.16. The van der Waals surface area contributed by atoms with Gasteiger partial charge < -0.3 is 0 Å². The summed E-state index contributed by atoms with van der Waals surface area (Å²) in [4.78, 5) is 11.7. The Morgan fingerprint density at radius 1 is 1.11 bits per heavy atom. The molecule has 0 N–H and O–H groups in total. The van der Waals surface area contributed by atoms with Crippen LogP contribution in [0.15, 0.2) is 48.5 Å². The minimum Gasteiger partial charge on any atom is -0.258 e. The number of para-hydroxylation sites is 1. The second kappa shape index (κ2) is 4.48. The maximum absolute atomic E-state index is 11.1. The Bertz CT molecular complexity index is 777. The van der Waals surface area contributed by atoms with E-state index in [0.717, 1.165) is 15.0 Å². The Labute approximate surface area is 114 Å². The minimum atomic E-state index is -0.328. The highest BCUT2D eigenvalue weighted by molar-refractivity contribution is 7.22. The van der Waals surface area contributed by atoms with Crippen molar-refractivity contribution in [2.75, 3.05) is 0 Å². The molecule has 0 aliphatic carbocycles. The van der Waals surface area contributed by atoms with Gasteiger partial charge in [-0.2, -0.15) is 0 Å². The smallest absolute Gasteiger partial charge is 0.258 e. The topological polar surface area (TPSA) is 43.1 Å². The van der Waals surface area contributed by atoms with Gasteiger partial charge in [-0.1, -0.05) is 24.3 Å². The Hall–Kier alpha value is -2.20. The van der Waals surface area contributed by atoms with E-state index in [2.05, 4.69) is 18.2 Å². The van der Waals surface area contributed by atoms with Crippen molar-refractivity contribution in [1.82, 2.24) is 0 Å². The molecule has 0 saturated carbocycles. The first kappa shape index (κ1) is 11.9. The number of aryl methyl sites for hydroxylation is 1. The molecule has 94 valence electrons. The Balaban J connectivity index is 2.22. The van der Waals surface area contributed by atoms with Crippen molar-refractivity contribution in [2.45, 2.75) is 6.92 Å². The van der Waals surface area contributed by atoms with E-state index in [1.165, 1.54) is 5.56 Å². The van der Waals surface area contributed by atoms with Gasteiger partial charge in [0.25, 0.3) is 5.69 Å². The van der Waals surface area contributed by atoms with Crippen molar-refractivity contribution in [3.63, 3.8) is 0 Å². The molecule has 4 heteroatoms. The molecule has 0 radical (unpaired) electrons. The second-order valence-corrected chi connectivity index (χ2v) is 5.51. The first-order valence-corrected chi connectivity index (χ1v) is 6.71. The van der Waals surface area contributed by atoms with Crippen molar-refractivity contribution in [3.05, 3.63) is 64.2 Å². The average Bonchev–Trinajstić information content (AvgIpc) is 2.81. The number of thiophene rings is 1. The van der Waals surface area contributed by atoms with Gasteiger partial charge in [0, 0.05) is 15.6 Å². The number of nitro benzene ring substituents is 1. The lowest BCUT2D eigenvalue weighted by Crippen LogP contribution is -1.89. The molecule has 0 unspecified atom stereocenters. The van der Waals surface area contributed by atoms with Gasteiger partial charge in [-0.15, -0.1) is 11.3 Å². The van der Waals surface area contributed by atoms with Crippen LogP contribution in [0.25, 0.3) is 20.5 Å². The minimum absolute atomic E-state index is 0.158. The van der Waals surface area contributed by atoms with E-state index in [9.17, 15) is 10.1 Å². The quantitative estimate of drug-likeness (QED) is 0.496. The summed E-state index contributed by atoms with van der Waals surface area (Å²) in [5.74, 6) is 0. The number of rotatable bonds is 2. The zero-order valence-electron chi connectivity index (χ0n) is 10.3. The Kier molecular flexibility index (Phi) is 2.80. The molecule has 0 spiro atoms. The third-order valence-electron chi connectivity index (χ3n) is 3.04. The first-order chi connectivity index (χ1) is 9.15. The number of nitrogens with zero attached hydrogens (tertiary/aromatic N) is 1. The van der Waals surface area contributed by atoms with Gasteiger partial charge in [0.15, 0.2) is 0 Å². The summed E-state index contributed by atoms with van der Waals surface area (Å²) in [6.07, 6.45) is 0. The first-order valence-electron chi connectivity index (χ1n) is 5.89. The van der Waals surface area contributed by atoms with Crippen molar-refractivity contribution in [3.8, 4) is 10.4 Å². The molecule has 0 fully saturated rings. The fourth-order valence-electron chi connectivity index (χ4n) is 2.11. The van der Waals surface area contributed by atoms with Gasteiger partial charge in [-0.05, 0) is 36.1 Å². The van der Waals surface area contributed by atoms with Gasteiger partial charge in [-0.25, -0.2) is 0 Å². The molecule has 0 aliphatic heterocycles. The van der Waals surface area contributed by atoms with Crippen LogP contribution in [0, 0.1) is 17.0 Å². The molecule has 0 bridgehead atoms. The van der Waals surface area contributed by atoms with Gasteiger partial charge in [0.05, 0.1) is 10.5 Å². The largest absolute Gasteiger partial charge is 0.278 e. The third kappa shape index (κ3) is 2.11. The van der Waals surface area contributed by atoms with Crippen LogP contribution in [-0.2, 0) is 0 Å². The molecule has 0 aliphatic rings. The van der Waals surface area contributed by atoms with Crippen LogP contribution in [0.2, 0.25) is 0 Å². The summed E-state index contributed by atoms with van der Waals surface area (Å²) in [5, 5.41) is 12.2. The average molecular weight is 269 g/mol. The fraction of sp³-hybridized carbons (Fsp3) is 0.0667. The van der Waals surface area contributed by atoms with E-state index < -0.39 is 0 Å². The van der Waals surface area contributed by atoms with Crippen LogP contribution in [0.4, 0.5) is 5.69 Å². The highest BCUT2D eigenvalue weighted by Crippen LogP contribution is 2.38. The van der Waals surface area contributed by atoms with E-state index in [1.54, 1.807) is 29.5 Å². The number of fused-ring (bicyclic) bond motifs is 1. The molecule has 2 aromatic carbocycles. The maximum atomic E-state index is 11.1. The molecule has 1 aromatic heterocycles. The van der Waals surface area contributed by atoms with Gasteiger partial charge >= 0.3 is 0 Å². The van der Waals surface area contributed by atoms with Crippen LogP contribution in [0.1, 0.15) is 5.56 Å².